The molecule has 3 nitrogen and oxygen atoms in total. The van der Waals surface area contributed by atoms with E-state index in [1.807, 2.05) is 0 Å². The Labute approximate surface area is 104 Å². The highest BCUT2D eigenvalue weighted by atomic mass is 16.4. The highest BCUT2D eigenvalue weighted by molar-refractivity contribution is 5.70. The number of nitrogens with zero attached hydrogens (tertiary/aromatic N) is 1. The van der Waals surface area contributed by atoms with Crippen LogP contribution in [0.2, 0.25) is 0 Å². The number of hydrogen-bond donors (Lipinski definition) is 1. The Hall–Kier alpha value is -0.570. The molecule has 1 heterocycles. The SMILES string of the molecule is CC1CC(C)CN(C2CCC(C(=O)O)CC2)C1. The van der Waals surface area contributed by atoms with Gasteiger partial charge in [-0.15, -0.1) is 0 Å². The van der Waals surface area contributed by atoms with Gasteiger partial charge in [-0.1, -0.05) is 13.8 Å². The zero-order valence-electron chi connectivity index (χ0n) is 11.1. The van der Waals surface area contributed by atoms with Gasteiger partial charge in [-0.05, 0) is 43.9 Å². The summed E-state index contributed by atoms with van der Waals surface area (Å²) < 4.78 is 0. The van der Waals surface area contributed by atoms with E-state index >= 15 is 0 Å². The molecule has 98 valence electrons. The van der Waals surface area contributed by atoms with E-state index < -0.39 is 5.97 Å². The largest absolute Gasteiger partial charge is 0.481 e. The topological polar surface area (TPSA) is 40.5 Å². The van der Waals surface area contributed by atoms with Crippen molar-refractivity contribution in [1.29, 1.82) is 0 Å². The fourth-order valence-electron chi connectivity index (χ4n) is 3.70. The molecular formula is C14H25NO2. The van der Waals surface area contributed by atoms with Crippen LogP contribution in [0.25, 0.3) is 0 Å². The first kappa shape index (κ1) is 12.9. The second-order valence-corrected chi connectivity index (χ2v) is 6.24. The predicted octanol–water partition coefficient (Wildman–Crippen LogP) is 2.61. The van der Waals surface area contributed by atoms with Gasteiger partial charge in [-0.3, -0.25) is 9.69 Å². The number of aliphatic carboxylic acids is 1. The second kappa shape index (κ2) is 5.38. The molecule has 17 heavy (non-hydrogen) atoms. The maximum atomic E-state index is 10.9. The van der Waals surface area contributed by atoms with Crippen LogP contribution in [0.15, 0.2) is 0 Å². The summed E-state index contributed by atoms with van der Waals surface area (Å²) in [6.45, 7) is 7.11. The summed E-state index contributed by atoms with van der Waals surface area (Å²) in [4.78, 5) is 13.5. The lowest BCUT2D eigenvalue weighted by atomic mass is 9.83. The van der Waals surface area contributed by atoms with Gasteiger partial charge < -0.3 is 5.11 Å². The van der Waals surface area contributed by atoms with Crippen molar-refractivity contribution in [3.05, 3.63) is 0 Å². The molecule has 0 aromatic carbocycles. The number of rotatable bonds is 2. The van der Waals surface area contributed by atoms with Crippen molar-refractivity contribution in [2.45, 2.75) is 52.0 Å². The van der Waals surface area contributed by atoms with Gasteiger partial charge >= 0.3 is 5.97 Å². The highest BCUT2D eigenvalue weighted by Crippen LogP contribution is 2.31. The predicted molar refractivity (Wildman–Crippen MR) is 67.9 cm³/mol. The van der Waals surface area contributed by atoms with Gasteiger partial charge in [0.05, 0.1) is 5.92 Å². The minimum atomic E-state index is -0.594. The highest BCUT2D eigenvalue weighted by Gasteiger charge is 2.32. The summed E-state index contributed by atoms with van der Waals surface area (Å²) in [5.41, 5.74) is 0. The minimum absolute atomic E-state index is 0.0779. The van der Waals surface area contributed by atoms with Crippen molar-refractivity contribution in [3.63, 3.8) is 0 Å². The van der Waals surface area contributed by atoms with E-state index in [2.05, 4.69) is 18.7 Å². The molecule has 1 aliphatic heterocycles. The van der Waals surface area contributed by atoms with E-state index in [1.165, 1.54) is 19.5 Å². The number of carboxylic acids is 1. The van der Waals surface area contributed by atoms with Crippen LogP contribution in [0, 0.1) is 17.8 Å². The molecule has 0 radical (unpaired) electrons. The lowest BCUT2D eigenvalue weighted by molar-refractivity contribution is -0.143. The third-order valence-electron chi connectivity index (χ3n) is 4.46. The van der Waals surface area contributed by atoms with Crippen LogP contribution < -0.4 is 0 Å². The van der Waals surface area contributed by atoms with E-state index in [1.54, 1.807) is 0 Å². The Kier molecular flexibility index (Phi) is 4.08. The zero-order valence-corrected chi connectivity index (χ0v) is 11.1. The van der Waals surface area contributed by atoms with Gasteiger partial charge in [0.15, 0.2) is 0 Å². The monoisotopic (exact) mass is 239 g/mol. The van der Waals surface area contributed by atoms with Crippen LogP contribution in [-0.2, 0) is 4.79 Å². The van der Waals surface area contributed by atoms with E-state index in [9.17, 15) is 4.79 Å². The number of carboxylic acid groups (broad SMARTS) is 1. The van der Waals surface area contributed by atoms with Crippen molar-refractivity contribution in [1.82, 2.24) is 4.90 Å². The minimum Gasteiger partial charge on any atom is -0.481 e. The number of piperidine rings is 1. The summed E-state index contributed by atoms with van der Waals surface area (Å²) >= 11 is 0. The van der Waals surface area contributed by atoms with Gasteiger partial charge in [0, 0.05) is 19.1 Å². The van der Waals surface area contributed by atoms with Crippen LogP contribution in [-0.4, -0.2) is 35.1 Å². The van der Waals surface area contributed by atoms with E-state index in [0.717, 1.165) is 37.5 Å². The average molecular weight is 239 g/mol. The number of likely N-dealkylation sites (tertiary alicyclic amines) is 1. The third kappa shape index (κ3) is 3.21. The van der Waals surface area contributed by atoms with Crippen LogP contribution in [0.4, 0.5) is 0 Å². The number of hydrogen-bond acceptors (Lipinski definition) is 2. The summed E-state index contributed by atoms with van der Waals surface area (Å²) in [5, 5.41) is 9.01. The fourth-order valence-corrected chi connectivity index (χ4v) is 3.70. The molecule has 0 spiro atoms. The van der Waals surface area contributed by atoms with Crippen LogP contribution >= 0.6 is 0 Å². The molecule has 2 fully saturated rings. The molecule has 0 bridgehead atoms. The molecule has 1 saturated carbocycles. The lowest BCUT2D eigenvalue weighted by Crippen LogP contribution is -2.46. The third-order valence-corrected chi connectivity index (χ3v) is 4.46. The Bertz CT molecular complexity index is 261. The van der Waals surface area contributed by atoms with E-state index in [4.69, 9.17) is 5.11 Å². The summed E-state index contributed by atoms with van der Waals surface area (Å²) in [6, 6.07) is 0.649. The van der Waals surface area contributed by atoms with Crippen molar-refractivity contribution < 1.29 is 9.90 Å². The molecule has 1 aliphatic carbocycles. The van der Waals surface area contributed by atoms with Gasteiger partial charge in [0.1, 0.15) is 0 Å². The molecule has 3 heteroatoms. The smallest absolute Gasteiger partial charge is 0.306 e. The Morgan fingerprint density at radius 1 is 1.06 bits per heavy atom. The first-order chi connectivity index (χ1) is 8.06. The quantitative estimate of drug-likeness (QED) is 0.805. The van der Waals surface area contributed by atoms with Gasteiger partial charge in [-0.25, -0.2) is 0 Å². The average Bonchev–Trinajstić information content (AvgIpc) is 2.28. The standard InChI is InChI=1S/C14H25NO2/c1-10-7-11(2)9-15(8-10)13-5-3-12(4-6-13)14(16)17/h10-13H,3-9H2,1-2H3,(H,16,17). The van der Waals surface area contributed by atoms with Gasteiger partial charge in [0.25, 0.3) is 0 Å². The molecule has 2 rings (SSSR count). The van der Waals surface area contributed by atoms with Crippen LogP contribution in [0.3, 0.4) is 0 Å². The van der Waals surface area contributed by atoms with Crippen LogP contribution in [0.5, 0.6) is 0 Å². The molecule has 1 N–H and O–H groups in total. The molecular weight excluding hydrogens is 214 g/mol. The Morgan fingerprint density at radius 3 is 2.06 bits per heavy atom. The van der Waals surface area contributed by atoms with E-state index in [-0.39, 0.29) is 5.92 Å². The van der Waals surface area contributed by atoms with Gasteiger partial charge in [-0.2, -0.15) is 0 Å². The van der Waals surface area contributed by atoms with Crippen molar-refractivity contribution >= 4 is 5.97 Å². The molecule has 0 aromatic heterocycles. The molecule has 2 unspecified atom stereocenters. The Morgan fingerprint density at radius 2 is 1.59 bits per heavy atom. The fraction of sp³-hybridized carbons (Fsp3) is 0.929. The number of carbonyl (C=O) groups is 1. The maximum absolute atomic E-state index is 10.9. The van der Waals surface area contributed by atoms with Crippen molar-refractivity contribution in [3.8, 4) is 0 Å². The van der Waals surface area contributed by atoms with E-state index in [0.29, 0.717) is 6.04 Å². The molecule has 0 aromatic rings. The normalized spacial score (nSPS) is 40.1. The maximum Gasteiger partial charge on any atom is 0.306 e. The zero-order chi connectivity index (χ0) is 12.4. The van der Waals surface area contributed by atoms with Crippen molar-refractivity contribution in [2.75, 3.05) is 13.1 Å². The van der Waals surface area contributed by atoms with Gasteiger partial charge in [0.2, 0.25) is 0 Å². The summed E-state index contributed by atoms with van der Waals surface area (Å²) in [5.74, 6) is 0.932. The Balaban J connectivity index is 1.85. The summed E-state index contributed by atoms with van der Waals surface area (Å²) in [6.07, 6.45) is 5.26. The molecule has 1 saturated heterocycles. The molecule has 0 amide bonds. The molecule has 2 aliphatic rings. The lowest BCUT2D eigenvalue weighted by Gasteiger charge is -2.42. The van der Waals surface area contributed by atoms with Crippen molar-refractivity contribution in [2.24, 2.45) is 17.8 Å². The molecule has 2 atom stereocenters. The second-order valence-electron chi connectivity index (χ2n) is 6.24. The summed E-state index contributed by atoms with van der Waals surface area (Å²) in [7, 11) is 0. The first-order valence-electron chi connectivity index (χ1n) is 7.03. The van der Waals surface area contributed by atoms with Crippen LogP contribution in [0.1, 0.15) is 46.0 Å². The first-order valence-corrected chi connectivity index (χ1v) is 7.03.